The summed E-state index contributed by atoms with van der Waals surface area (Å²) in [7, 11) is 1.37. The molecule has 25 heavy (non-hydrogen) atoms. The minimum absolute atomic E-state index is 0.133. The lowest BCUT2D eigenvalue weighted by molar-refractivity contribution is -0.384. The van der Waals surface area contributed by atoms with E-state index in [9.17, 15) is 19.7 Å². The maximum atomic E-state index is 12.0. The van der Waals surface area contributed by atoms with Gasteiger partial charge < -0.3 is 20.5 Å². The number of methoxy groups -OCH3 is 1. The number of hydrogen-bond acceptors (Lipinski definition) is 6. The van der Waals surface area contributed by atoms with Gasteiger partial charge in [0.15, 0.2) is 6.61 Å². The average Bonchev–Trinajstić information content (AvgIpc) is 2.60. The van der Waals surface area contributed by atoms with E-state index in [1.165, 1.54) is 37.4 Å². The Kier molecular flexibility index (Phi) is 5.51. The number of amides is 2. The molecule has 2 aromatic rings. The molecular weight excluding hydrogens is 330 g/mol. The average molecular weight is 345 g/mol. The van der Waals surface area contributed by atoms with Crippen molar-refractivity contribution >= 4 is 23.2 Å². The molecule has 0 spiro atoms. The molecule has 0 radical (unpaired) electrons. The van der Waals surface area contributed by atoms with Gasteiger partial charge in [-0.1, -0.05) is 12.1 Å². The lowest BCUT2D eigenvalue weighted by Gasteiger charge is -2.12. The topological polar surface area (TPSA) is 134 Å². The van der Waals surface area contributed by atoms with Gasteiger partial charge in [0.2, 0.25) is 0 Å². The summed E-state index contributed by atoms with van der Waals surface area (Å²) in [5.41, 5.74) is 5.30. The first-order valence-corrected chi connectivity index (χ1v) is 7.06. The number of benzene rings is 2. The number of non-ortho nitro benzene ring substituents is 1. The van der Waals surface area contributed by atoms with Crippen LogP contribution in [0.2, 0.25) is 0 Å². The van der Waals surface area contributed by atoms with Crippen LogP contribution in [-0.4, -0.2) is 30.5 Å². The van der Waals surface area contributed by atoms with Crippen LogP contribution in [-0.2, 0) is 4.79 Å². The van der Waals surface area contributed by atoms with Crippen LogP contribution in [0.15, 0.2) is 42.5 Å². The normalized spacial score (nSPS) is 9.96. The van der Waals surface area contributed by atoms with E-state index in [1.54, 1.807) is 12.1 Å². The van der Waals surface area contributed by atoms with E-state index in [4.69, 9.17) is 15.2 Å². The molecule has 9 heteroatoms. The lowest BCUT2D eigenvalue weighted by atomic mass is 10.2. The molecule has 3 N–H and O–H groups in total. The Morgan fingerprint density at radius 3 is 2.56 bits per heavy atom. The zero-order valence-electron chi connectivity index (χ0n) is 13.2. The third kappa shape index (κ3) is 4.44. The van der Waals surface area contributed by atoms with Gasteiger partial charge in [0.05, 0.1) is 23.3 Å². The van der Waals surface area contributed by atoms with E-state index in [0.29, 0.717) is 0 Å². The van der Waals surface area contributed by atoms with Crippen LogP contribution in [0, 0.1) is 10.1 Å². The molecule has 0 saturated heterocycles. The van der Waals surface area contributed by atoms with Gasteiger partial charge in [-0.2, -0.15) is 0 Å². The lowest BCUT2D eigenvalue weighted by Crippen LogP contribution is -2.22. The molecule has 2 aromatic carbocycles. The van der Waals surface area contributed by atoms with Crippen molar-refractivity contribution in [2.24, 2.45) is 5.73 Å². The third-order valence-electron chi connectivity index (χ3n) is 3.18. The summed E-state index contributed by atoms with van der Waals surface area (Å²) in [4.78, 5) is 33.6. The molecule has 2 amide bonds. The predicted molar refractivity (Wildman–Crippen MR) is 88.7 cm³/mol. The second-order valence-electron chi connectivity index (χ2n) is 4.84. The Balaban J connectivity index is 2.09. The Bertz CT molecular complexity index is 821. The number of carbonyl (C=O) groups excluding carboxylic acids is 2. The third-order valence-corrected chi connectivity index (χ3v) is 3.18. The van der Waals surface area contributed by atoms with Gasteiger partial charge >= 0.3 is 0 Å². The molecule has 9 nitrogen and oxygen atoms in total. The van der Waals surface area contributed by atoms with Crippen molar-refractivity contribution in [3.05, 3.63) is 58.1 Å². The minimum atomic E-state index is -0.684. The zero-order valence-corrected chi connectivity index (χ0v) is 13.2. The van der Waals surface area contributed by atoms with Gasteiger partial charge in [-0.25, -0.2) is 0 Å². The number of hydrogen-bond donors (Lipinski definition) is 2. The van der Waals surface area contributed by atoms with Crippen molar-refractivity contribution in [3.63, 3.8) is 0 Å². The highest BCUT2D eigenvalue weighted by Gasteiger charge is 2.15. The molecule has 0 aliphatic carbocycles. The molecule has 2 rings (SSSR count). The van der Waals surface area contributed by atoms with E-state index in [-0.39, 0.29) is 28.4 Å². The number of para-hydroxylation sites is 1. The minimum Gasteiger partial charge on any atom is -0.495 e. The van der Waals surface area contributed by atoms with Crippen molar-refractivity contribution in [2.45, 2.75) is 0 Å². The number of rotatable bonds is 7. The van der Waals surface area contributed by atoms with Crippen LogP contribution in [0.5, 0.6) is 11.5 Å². The fraction of sp³-hybridized carbons (Fsp3) is 0.125. The number of ether oxygens (including phenoxy) is 2. The second kappa shape index (κ2) is 7.77. The maximum absolute atomic E-state index is 12.0. The summed E-state index contributed by atoms with van der Waals surface area (Å²) in [6, 6.07) is 10.0. The molecule has 0 atom stereocenters. The Morgan fingerprint density at radius 2 is 1.92 bits per heavy atom. The molecular formula is C16H15N3O6. The standard InChI is InChI=1S/C16H15N3O6/c1-24-14-7-6-10(19(22)23)8-12(14)18-15(20)9-25-13-5-3-2-4-11(13)16(17)21/h2-8H,9H2,1H3,(H2,17,21)(H,18,20). The highest BCUT2D eigenvalue weighted by molar-refractivity contribution is 5.96. The molecule has 0 aromatic heterocycles. The Morgan fingerprint density at radius 1 is 1.20 bits per heavy atom. The Hall–Kier alpha value is -3.62. The summed E-state index contributed by atoms with van der Waals surface area (Å²) < 4.78 is 10.4. The zero-order chi connectivity index (χ0) is 18.4. The highest BCUT2D eigenvalue weighted by atomic mass is 16.6. The number of nitrogens with one attached hydrogen (secondary N) is 1. The van der Waals surface area contributed by atoms with Crippen LogP contribution >= 0.6 is 0 Å². The second-order valence-corrected chi connectivity index (χ2v) is 4.84. The smallest absolute Gasteiger partial charge is 0.271 e. The van der Waals surface area contributed by atoms with Crippen LogP contribution in [0.1, 0.15) is 10.4 Å². The van der Waals surface area contributed by atoms with E-state index in [2.05, 4.69) is 5.32 Å². The highest BCUT2D eigenvalue weighted by Crippen LogP contribution is 2.28. The SMILES string of the molecule is COc1ccc([N+](=O)[O-])cc1NC(=O)COc1ccccc1C(N)=O. The monoisotopic (exact) mass is 345 g/mol. The first-order chi connectivity index (χ1) is 11.9. The molecule has 0 aliphatic heterocycles. The number of anilines is 1. The van der Waals surface area contributed by atoms with E-state index >= 15 is 0 Å². The Labute approximate surface area is 142 Å². The maximum Gasteiger partial charge on any atom is 0.271 e. The number of carbonyl (C=O) groups is 2. The van der Waals surface area contributed by atoms with Gasteiger partial charge in [-0.15, -0.1) is 0 Å². The van der Waals surface area contributed by atoms with Crippen molar-refractivity contribution in [1.29, 1.82) is 0 Å². The number of nitro benzene ring substituents is 1. The fourth-order valence-electron chi connectivity index (χ4n) is 2.03. The molecule has 0 fully saturated rings. The van der Waals surface area contributed by atoms with Gasteiger partial charge in [-0.3, -0.25) is 19.7 Å². The van der Waals surface area contributed by atoms with Crippen LogP contribution in [0.3, 0.4) is 0 Å². The largest absolute Gasteiger partial charge is 0.495 e. The van der Waals surface area contributed by atoms with E-state index in [1.807, 2.05) is 0 Å². The first kappa shape index (κ1) is 17.7. The summed E-state index contributed by atoms with van der Waals surface area (Å²) in [5, 5.41) is 13.3. The number of primary amides is 1. The van der Waals surface area contributed by atoms with E-state index < -0.39 is 23.3 Å². The fourth-order valence-corrected chi connectivity index (χ4v) is 2.03. The molecule has 0 unspecified atom stereocenters. The summed E-state index contributed by atoms with van der Waals surface area (Å²) in [5.74, 6) is -0.845. The van der Waals surface area contributed by atoms with Crippen molar-refractivity contribution in [2.75, 3.05) is 19.0 Å². The van der Waals surface area contributed by atoms with Gasteiger partial charge in [0, 0.05) is 12.1 Å². The van der Waals surface area contributed by atoms with Gasteiger partial charge in [0.25, 0.3) is 17.5 Å². The van der Waals surface area contributed by atoms with Crippen LogP contribution < -0.4 is 20.5 Å². The molecule has 0 heterocycles. The molecule has 0 bridgehead atoms. The quantitative estimate of drug-likeness (QED) is 0.579. The number of nitrogens with zero attached hydrogens (tertiary/aromatic N) is 1. The van der Waals surface area contributed by atoms with Gasteiger partial charge in [-0.05, 0) is 18.2 Å². The van der Waals surface area contributed by atoms with Crippen molar-refractivity contribution < 1.29 is 24.0 Å². The molecule has 0 aliphatic rings. The summed E-state index contributed by atoms with van der Waals surface area (Å²) in [6.45, 7) is -0.420. The summed E-state index contributed by atoms with van der Waals surface area (Å²) >= 11 is 0. The van der Waals surface area contributed by atoms with Crippen LogP contribution in [0.25, 0.3) is 0 Å². The van der Waals surface area contributed by atoms with Crippen molar-refractivity contribution in [3.8, 4) is 11.5 Å². The molecule has 130 valence electrons. The number of nitro groups is 1. The van der Waals surface area contributed by atoms with E-state index in [0.717, 1.165) is 0 Å². The first-order valence-electron chi connectivity index (χ1n) is 7.06. The van der Waals surface area contributed by atoms with Crippen molar-refractivity contribution in [1.82, 2.24) is 0 Å². The predicted octanol–water partition coefficient (Wildman–Crippen LogP) is 1.72. The van der Waals surface area contributed by atoms with Crippen LogP contribution in [0.4, 0.5) is 11.4 Å². The molecule has 0 saturated carbocycles. The summed E-state index contributed by atoms with van der Waals surface area (Å²) in [6.07, 6.45) is 0. The van der Waals surface area contributed by atoms with Gasteiger partial charge in [0.1, 0.15) is 11.5 Å². The number of nitrogens with two attached hydrogens (primary N) is 1.